The molecule has 5 heteroatoms. The van der Waals surface area contributed by atoms with Crippen molar-refractivity contribution < 1.29 is 25.2 Å². The third kappa shape index (κ3) is 4.01. The monoisotopic (exact) mass is 340 g/mol. The van der Waals surface area contributed by atoms with Crippen molar-refractivity contribution in [3.63, 3.8) is 0 Å². The van der Waals surface area contributed by atoms with Gasteiger partial charge in [0.15, 0.2) is 17.3 Å². The van der Waals surface area contributed by atoms with Crippen LogP contribution < -0.4 is 0 Å². The van der Waals surface area contributed by atoms with Gasteiger partial charge in [0.1, 0.15) is 5.75 Å². The Hall–Kier alpha value is -3.21. The summed E-state index contributed by atoms with van der Waals surface area (Å²) in [5.41, 5.74) is 1.35. The van der Waals surface area contributed by atoms with Crippen molar-refractivity contribution in [1.29, 1.82) is 0 Å². The van der Waals surface area contributed by atoms with E-state index < -0.39 is 17.2 Å². The number of phenols is 4. The van der Waals surface area contributed by atoms with Gasteiger partial charge in [0.2, 0.25) is 5.75 Å². The average molecular weight is 340 g/mol. The first-order chi connectivity index (χ1) is 11.8. The van der Waals surface area contributed by atoms with Gasteiger partial charge < -0.3 is 20.4 Å². The van der Waals surface area contributed by atoms with E-state index in [-0.39, 0.29) is 29.1 Å². The van der Waals surface area contributed by atoms with E-state index in [0.29, 0.717) is 5.56 Å². The molecule has 0 saturated heterocycles. The van der Waals surface area contributed by atoms with Crippen LogP contribution in [0.15, 0.2) is 48.1 Å². The van der Waals surface area contributed by atoms with Crippen molar-refractivity contribution in [2.24, 2.45) is 0 Å². The molecule has 0 aromatic heterocycles. The number of ketones is 1. The summed E-state index contributed by atoms with van der Waals surface area (Å²) in [5, 5.41) is 40.2. The molecule has 0 saturated carbocycles. The van der Waals surface area contributed by atoms with Gasteiger partial charge in [0.05, 0.1) is 5.56 Å². The Labute approximate surface area is 145 Å². The van der Waals surface area contributed by atoms with E-state index in [0.717, 1.165) is 5.57 Å². The van der Waals surface area contributed by atoms with Crippen LogP contribution in [0.25, 0.3) is 6.08 Å². The lowest BCUT2D eigenvalue weighted by atomic mass is 10.0. The van der Waals surface area contributed by atoms with Crippen LogP contribution in [0.1, 0.15) is 35.3 Å². The highest BCUT2D eigenvalue weighted by molar-refractivity contribution is 6.07. The average Bonchev–Trinajstić information content (AvgIpc) is 2.60. The summed E-state index contributed by atoms with van der Waals surface area (Å²) in [6, 6.07) is 8.51. The lowest BCUT2D eigenvalue weighted by Crippen LogP contribution is -1.94. The highest BCUT2D eigenvalue weighted by atomic mass is 16.3. The van der Waals surface area contributed by atoms with Gasteiger partial charge in [-0.2, -0.15) is 0 Å². The Bertz CT molecular complexity index is 844. The van der Waals surface area contributed by atoms with E-state index in [1.165, 1.54) is 12.2 Å². The van der Waals surface area contributed by atoms with Gasteiger partial charge in [0.25, 0.3) is 0 Å². The summed E-state index contributed by atoms with van der Waals surface area (Å²) in [4.78, 5) is 12.1. The second kappa shape index (κ2) is 7.57. The van der Waals surface area contributed by atoms with Crippen LogP contribution in [0.4, 0.5) is 0 Å². The molecule has 0 bridgehead atoms. The maximum Gasteiger partial charge on any atom is 0.201 e. The van der Waals surface area contributed by atoms with Crippen LogP contribution in [-0.2, 0) is 6.42 Å². The smallest absolute Gasteiger partial charge is 0.201 e. The van der Waals surface area contributed by atoms with E-state index in [1.54, 1.807) is 36.4 Å². The molecule has 0 atom stereocenters. The number of benzene rings is 2. The summed E-state index contributed by atoms with van der Waals surface area (Å²) in [7, 11) is 0. The van der Waals surface area contributed by atoms with E-state index in [9.17, 15) is 25.2 Å². The van der Waals surface area contributed by atoms with Crippen molar-refractivity contribution in [3.8, 4) is 23.0 Å². The Balaban J connectivity index is 2.45. The molecule has 0 aliphatic heterocycles. The molecule has 25 heavy (non-hydrogen) atoms. The minimum absolute atomic E-state index is 0.0725. The van der Waals surface area contributed by atoms with Crippen molar-refractivity contribution in [2.45, 2.75) is 20.3 Å². The fourth-order valence-corrected chi connectivity index (χ4v) is 2.28. The van der Waals surface area contributed by atoms with E-state index >= 15 is 0 Å². The van der Waals surface area contributed by atoms with Gasteiger partial charge >= 0.3 is 0 Å². The highest BCUT2D eigenvalue weighted by Crippen LogP contribution is 2.47. The number of carbonyl (C=O) groups excluding carboxylic acids is 1. The predicted molar refractivity (Wildman–Crippen MR) is 96.0 cm³/mol. The Morgan fingerprint density at radius 1 is 0.920 bits per heavy atom. The molecule has 0 heterocycles. The molecule has 2 aromatic rings. The molecule has 0 amide bonds. The second-order valence-electron chi connectivity index (χ2n) is 5.84. The lowest BCUT2D eigenvalue weighted by Gasteiger charge is -2.13. The van der Waals surface area contributed by atoms with Gasteiger partial charge in [-0.25, -0.2) is 0 Å². The molecule has 0 aliphatic carbocycles. The first-order valence-electron chi connectivity index (χ1n) is 7.72. The highest BCUT2D eigenvalue weighted by Gasteiger charge is 2.21. The number of hydrogen-bond acceptors (Lipinski definition) is 5. The molecule has 0 aliphatic rings. The maximum atomic E-state index is 12.1. The summed E-state index contributed by atoms with van der Waals surface area (Å²) >= 11 is 0. The predicted octanol–water partition coefficient (Wildman–Crippen LogP) is 3.91. The van der Waals surface area contributed by atoms with Crippen LogP contribution in [0.5, 0.6) is 23.0 Å². The number of hydrogen-bond donors (Lipinski definition) is 4. The third-order valence-corrected chi connectivity index (χ3v) is 3.70. The van der Waals surface area contributed by atoms with Crippen LogP contribution in [0, 0.1) is 0 Å². The molecule has 0 unspecified atom stereocenters. The summed E-state index contributed by atoms with van der Waals surface area (Å²) < 4.78 is 0. The molecule has 5 nitrogen and oxygen atoms in total. The van der Waals surface area contributed by atoms with Crippen LogP contribution >= 0.6 is 0 Å². The number of aromatic hydroxyl groups is 4. The van der Waals surface area contributed by atoms with Crippen molar-refractivity contribution in [3.05, 3.63) is 64.7 Å². The number of phenolic OH excluding ortho intramolecular Hbond substituents is 4. The fourth-order valence-electron chi connectivity index (χ4n) is 2.28. The zero-order valence-corrected chi connectivity index (χ0v) is 14.0. The largest absolute Gasteiger partial charge is 0.507 e. The van der Waals surface area contributed by atoms with Crippen LogP contribution in [-0.4, -0.2) is 26.2 Å². The molecule has 4 N–H and O–H groups in total. The zero-order valence-electron chi connectivity index (χ0n) is 14.0. The standard InChI is InChI=1S/C20H20O5/c1-12(2)8-9-14-17(22)15(19(24)20(25)18(14)23)10-11-16(21)13-6-4-3-5-7-13/h3-8,10-11,22-25H,9H2,1-2H3. The Morgan fingerprint density at radius 3 is 2.16 bits per heavy atom. The SMILES string of the molecule is CC(C)=CCc1c(O)c(O)c(O)c(C=CC(=O)c2ccccc2)c1O. The van der Waals surface area contributed by atoms with Gasteiger partial charge in [0, 0.05) is 11.1 Å². The van der Waals surface area contributed by atoms with Crippen molar-refractivity contribution in [1.82, 2.24) is 0 Å². The normalized spacial score (nSPS) is 10.8. The summed E-state index contributed by atoms with van der Waals surface area (Å²) in [6.07, 6.45) is 4.33. The topological polar surface area (TPSA) is 98.0 Å². The maximum absolute atomic E-state index is 12.1. The minimum atomic E-state index is -0.734. The van der Waals surface area contributed by atoms with E-state index in [4.69, 9.17) is 0 Å². The van der Waals surface area contributed by atoms with Gasteiger partial charge in [-0.05, 0) is 32.4 Å². The van der Waals surface area contributed by atoms with Crippen LogP contribution in [0.2, 0.25) is 0 Å². The molecule has 2 aromatic carbocycles. The summed E-state index contributed by atoms with van der Waals surface area (Å²) in [5.74, 6) is -2.71. The van der Waals surface area contributed by atoms with Gasteiger partial charge in [-0.3, -0.25) is 4.79 Å². The molecule has 130 valence electrons. The zero-order chi connectivity index (χ0) is 18.6. The molecule has 0 radical (unpaired) electrons. The number of allylic oxidation sites excluding steroid dienone is 3. The summed E-state index contributed by atoms with van der Waals surface area (Å²) in [6.45, 7) is 3.71. The minimum Gasteiger partial charge on any atom is -0.507 e. The number of carbonyl (C=O) groups is 1. The second-order valence-corrected chi connectivity index (χ2v) is 5.84. The molecule has 0 spiro atoms. The van der Waals surface area contributed by atoms with Gasteiger partial charge in [-0.1, -0.05) is 42.0 Å². The first-order valence-corrected chi connectivity index (χ1v) is 7.72. The van der Waals surface area contributed by atoms with Gasteiger partial charge in [-0.15, -0.1) is 0 Å². The van der Waals surface area contributed by atoms with Crippen molar-refractivity contribution in [2.75, 3.05) is 0 Å². The number of rotatable bonds is 5. The van der Waals surface area contributed by atoms with Crippen LogP contribution in [0.3, 0.4) is 0 Å². The first kappa shape index (κ1) is 18.1. The third-order valence-electron chi connectivity index (χ3n) is 3.70. The van der Waals surface area contributed by atoms with E-state index in [2.05, 4.69) is 0 Å². The quantitative estimate of drug-likeness (QED) is 0.217. The lowest BCUT2D eigenvalue weighted by molar-refractivity contribution is 0.104. The van der Waals surface area contributed by atoms with E-state index in [1.807, 2.05) is 13.8 Å². The molecular weight excluding hydrogens is 320 g/mol. The fraction of sp³-hybridized carbons (Fsp3) is 0.150. The van der Waals surface area contributed by atoms with Crippen molar-refractivity contribution >= 4 is 11.9 Å². The Kier molecular flexibility index (Phi) is 5.49. The Morgan fingerprint density at radius 2 is 1.56 bits per heavy atom. The molecule has 2 rings (SSSR count). The molecular formula is C20H20O5. The molecule has 0 fully saturated rings.